The topological polar surface area (TPSA) is 39.1 Å². The first-order valence-electron chi connectivity index (χ1n) is 6.13. The Kier molecular flexibility index (Phi) is 3.96. The van der Waals surface area contributed by atoms with Gasteiger partial charge in [-0.2, -0.15) is 0 Å². The number of hydrogen-bond acceptors (Lipinski definition) is 3. The molecule has 1 aliphatic rings. The van der Waals surface area contributed by atoms with Gasteiger partial charge in [-0.05, 0) is 26.3 Å². The third-order valence-electron chi connectivity index (χ3n) is 3.20. The number of rotatable bonds is 4. The Morgan fingerprint density at radius 3 is 3.19 bits per heavy atom. The zero-order chi connectivity index (χ0) is 11.4. The van der Waals surface area contributed by atoms with E-state index in [1.165, 1.54) is 6.42 Å². The minimum atomic E-state index is 0.391. The van der Waals surface area contributed by atoms with E-state index in [4.69, 9.17) is 4.74 Å². The van der Waals surface area contributed by atoms with Gasteiger partial charge in [0.1, 0.15) is 5.82 Å². The number of hydrogen-bond donors (Lipinski definition) is 1. The lowest BCUT2D eigenvalue weighted by Gasteiger charge is -2.33. The molecule has 1 aromatic heterocycles. The standard InChI is InChI=1S/C12H21N3O/c1-3-5-14-11-4-8-16-9-12(11)15-7-6-13-10(15)2/h6-7,11-12,14H,3-5,8-9H2,1-2H3. The molecule has 0 aromatic carbocycles. The summed E-state index contributed by atoms with van der Waals surface area (Å²) < 4.78 is 7.81. The van der Waals surface area contributed by atoms with Gasteiger partial charge in [-0.3, -0.25) is 0 Å². The van der Waals surface area contributed by atoms with E-state index in [0.29, 0.717) is 12.1 Å². The van der Waals surface area contributed by atoms with Crippen molar-refractivity contribution in [3.63, 3.8) is 0 Å². The van der Waals surface area contributed by atoms with Gasteiger partial charge in [0.15, 0.2) is 0 Å². The molecule has 90 valence electrons. The number of ether oxygens (including phenoxy) is 1. The molecular formula is C12H21N3O. The number of aromatic nitrogens is 2. The van der Waals surface area contributed by atoms with Gasteiger partial charge in [0.05, 0.1) is 12.6 Å². The van der Waals surface area contributed by atoms with Crippen LogP contribution in [0.3, 0.4) is 0 Å². The summed E-state index contributed by atoms with van der Waals surface area (Å²) in [7, 11) is 0. The van der Waals surface area contributed by atoms with Crippen molar-refractivity contribution < 1.29 is 4.74 Å². The SMILES string of the molecule is CCCNC1CCOCC1n1ccnc1C. The summed E-state index contributed by atoms with van der Waals surface area (Å²) in [4.78, 5) is 4.29. The second-order valence-corrected chi connectivity index (χ2v) is 4.37. The highest BCUT2D eigenvalue weighted by atomic mass is 16.5. The molecule has 16 heavy (non-hydrogen) atoms. The summed E-state index contributed by atoms with van der Waals surface area (Å²) in [6.45, 7) is 6.98. The first kappa shape index (κ1) is 11.6. The molecule has 2 heterocycles. The van der Waals surface area contributed by atoms with Crippen LogP contribution in [0.2, 0.25) is 0 Å². The van der Waals surface area contributed by atoms with Crippen LogP contribution < -0.4 is 5.32 Å². The largest absolute Gasteiger partial charge is 0.379 e. The van der Waals surface area contributed by atoms with Crippen LogP contribution in [0.25, 0.3) is 0 Å². The lowest BCUT2D eigenvalue weighted by molar-refractivity contribution is 0.0364. The molecule has 1 saturated heterocycles. The smallest absolute Gasteiger partial charge is 0.105 e. The number of nitrogens with one attached hydrogen (secondary N) is 1. The molecule has 1 N–H and O–H groups in total. The normalized spacial score (nSPS) is 25.9. The maximum Gasteiger partial charge on any atom is 0.105 e. The molecule has 0 radical (unpaired) electrons. The molecule has 1 aliphatic heterocycles. The Hall–Kier alpha value is -0.870. The molecule has 2 atom stereocenters. The fourth-order valence-electron chi connectivity index (χ4n) is 2.30. The Bertz CT molecular complexity index is 324. The van der Waals surface area contributed by atoms with Gasteiger partial charge in [0.25, 0.3) is 0 Å². The summed E-state index contributed by atoms with van der Waals surface area (Å²) in [5.74, 6) is 1.07. The number of nitrogens with zero attached hydrogens (tertiary/aromatic N) is 2. The van der Waals surface area contributed by atoms with E-state index in [1.807, 2.05) is 13.1 Å². The van der Waals surface area contributed by atoms with Crippen molar-refractivity contribution in [1.82, 2.24) is 14.9 Å². The molecule has 2 rings (SSSR count). The van der Waals surface area contributed by atoms with Crippen LogP contribution in [0.15, 0.2) is 12.4 Å². The second kappa shape index (κ2) is 5.46. The Morgan fingerprint density at radius 1 is 1.62 bits per heavy atom. The van der Waals surface area contributed by atoms with E-state index in [1.54, 1.807) is 0 Å². The fourth-order valence-corrected chi connectivity index (χ4v) is 2.30. The van der Waals surface area contributed by atoms with Gasteiger partial charge < -0.3 is 14.6 Å². The lowest BCUT2D eigenvalue weighted by Crippen LogP contribution is -2.44. The van der Waals surface area contributed by atoms with Crippen molar-refractivity contribution in [2.24, 2.45) is 0 Å². The summed E-state index contributed by atoms with van der Waals surface area (Å²) >= 11 is 0. The van der Waals surface area contributed by atoms with E-state index in [9.17, 15) is 0 Å². The van der Waals surface area contributed by atoms with Gasteiger partial charge in [-0.25, -0.2) is 4.98 Å². The summed E-state index contributed by atoms with van der Waals surface area (Å²) in [5.41, 5.74) is 0. The van der Waals surface area contributed by atoms with E-state index in [-0.39, 0.29) is 0 Å². The van der Waals surface area contributed by atoms with Crippen molar-refractivity contribution in [3.8, 4) is 0 Å². The molecule has 0 saturated carbocycles. The molecule has 4 nitrogen and oxygen atoms in total. The van der Waals surface area contributed by atoms with Crippen LogP contribution in [0.4, 0.5) is 0 Å². The molecule has 0 aliphatic carbocycles. The Labute approximate surface area is 97.0 Å². The molecule has 1 aromatic rings. The van der Waals surface area contributed by atoms with Crippen molar-refractivity contribution in [2.45, 2.75) is 38.8 Å². The van der Waals surface area contributed by atoms with Crippen molar-refractivity contribution in [1.29, 1.82) is 0 Å². The third kappa shape index (κ3) is 2.44. The monoisotopic (exact) mass is 223 g/mol. The van der Waals surface area contributed by atoms with E-state index in [2.05, 4.69) is 28.0 Å². The number of imidazole rings is 1. The summed E-state index contributed by atoms with van der Waals surface area (Å²) in [6, 6.07) is 0.907. The maximum atomic E-state index is 5.58. The van der Waals surface area contributed by atoms with Crippen LogP contribution in [-0.2, 0) is 4.74 Å². The first-order chi connectivity index (χ1) is 7.83. The fraction of sp³-hybridized carbons (Fsp3) is 0.750. The quantitative estimate of drug-likeness (QED) is 0.841. The highest BCUT2D eigenvalue weighted by molar-refractivity contribution is 4.96. The number of aryl methyl sites for hydroxylation is 1. The highest BCUT2D eigenvalue weighted by Gasteiger charge is 2.27. The maximum absolute atomic E-state index is 5.58. The van der Waals surface area contributed by atoms with Crippen LogP contribution in [0.5, 0.6) is 0 Å². The van der Waals surface area contributed by atoms with Gasteiger partial charge >= 0.3 is 0 Å². The summed E-state index contributed by atoms with van der Waals surface area (Å²) in [5, 5.41) is 3.61. The Balaban J connectivity index is 2.07. The minimum Gasteiger partial charge on any atom is -0.379 e. The van der Waals surface area contributed by atoms with Gasteiger partial charge in [0.2, 0.25) is 0 Å². The molecule has 4 heteroatoms. The Morgan fingerprint density at radius 2 is 2.50 bits per heavy atom. The average molecular weight is 223 g/mol. The van der Waals surface area contributed by atoms with Crippen LogP contribution >= 0.6 is 0 Å². The minimum absolute atomic E-state index is 0.391. The van der Waals surface area contributed by atoms with Crippen LogP contribution in [-0.4, -0.2) is 35.4 Å². The first-order valence-corrected chi connectivity index (χ1v) is 6.13. The van der Waals surface area contributed by atoms with Crippen molar-refractivity contribution in [3.05, 3.63) is 18.2 Å². The molecular weight excluding hydrogens is 202 g/mol. The predicted octanol–water partition coefficient (Wildman–Crippen LogP) is 1.52. The highest BCUT2D eigenvalue weighted by Crippen LogP contribution is 2.21. The van der Waals surface area contributed by atoms with Crippen LogP contribution in [0, 0.1) is 6.92 Å². The average Bonchev–Trinajstić information content (AvgIpc) is 2.73. The summed E-state index contributed by atoms with van der Waals surface area (Å²) in [6.07, 6.45) is 6.17. The molecule has 1 fully saturated rings. The van der Waals surface area contributed by atoms with E-state index in [0.717, 1.165) is 32.0 Å². The third-order valence-corrected chi connectivity index (χ3v) is 3.20. The zero-order valence-corrected chi connectivity index (χ0v) is 10.1. The van der Waals surface area contributed by atoms with E-state index >= 15 is 0 Å². The molecule has 0 bridgehead atoms. The molecule has 0 spiro atoms. The molecule has 0 amide bonds. The van der Waals surface area contributed by atoms with Crippen molar-refractivity contribution >= 4 is 0 Å². The van der Waals surface area contributed by atoms with Crippen molar-refractivity contribution in [2.75, 3.05) is 19.8 Å². The lowest BCUT2D eigenvalue weighted by atomic mass is 10.0. The second-order valence-electron chi connectivity index (χ2n) is 4.37. The van der Waals surface area contributed by atoms with Gasteiger partial charge in [0, 0.05) is 25.0 Å². The van der Waals surface area contributed by atoms with Gasteiger partial charge in [-0.15, -0.1) is 0 Å². The van der Waals surface area contributed by atoms with Gasteiger partial charge in [-0.1, -0.05) is 6.92 Å². The zero-order valence-electron chi connectivity index (χ0n) is 10.1. The van der Waals surface area contributed by atoms with E-state index < -0.39 is 0 Å². The molecule has 2 unspecified atom stereocenters. The van der Waals surface area contributed by atoms with Crippen LogP contribution in [0.1, 0.15) is 31.6 Å². The predicted molar refractivity (Wildman–Crippen MR) is 63.5 cm³/mol.